The van der Waals surface area contributed by atoms with Gasteiger partial charge in [-0.1, -0.05) is 23.7 Å². The van der Waals surface area contributed by atoms with Gasteiger partial charge in [-0.15, -0.1) is 0 Å². The van der Waals surface area contributed by atoms with Gasteiger partial charge in [0, 0.05) is 17.1 Å². The third-order valence-corrected chi connectivity index (χ3v) is 7.55. The van der Waals surface area contributed by atoms with E-state index < -0.39 is 27.8 Å². The number of amides is 1. The molecule has 1 N–H and O–H groups in total. The summed E-state index contributed by atoms with van der Waals surface area (Å²) >= 11 is 5.99. The Kier molecular flexibility index (Phi) is 5.67. The minimum absolute atomic E-state index is 0.0397. The van der Waals surface area contributed by atoms with Crippen LogP contribution in [0, 0.1) is 12.7 Å². The van der Waals surface area contributed by atoms with Crippen molar-refractivity contribution in [1.29, 1.82) is 0 Å². The minimum Gasteiger partial charge on any atom is -0.461 e. The fraction of sp³-hybridized carbons (Fsp3) is 0.160. The Morgan fingerprint density at radius 3 is 2.53 bits per heavy atom. The first-order chi connectivity index (χ1) is 16.2. The molecule has 34 heavy (non-hydrogen) atoms. The summed E-state index contributed by atoms with van der Waals surface area (Å²) in [5.41, 5.74) is 0.650. The normalized spacial score (nSPS) is 16.5. The minimum atomic E-state index is -3.97. The molecule has 0 saturated carbocycles. The number of nitrogens with zero attached hydrogens (tertiary/aromatic N) is 1. The molecule has 0 spiro atoms. The number of fused-ring (bicyclic) bond motifs is 1. The molecule has 174 valence electrons. The van der Waals surface area contributed by atoms with E-state index in [1.54, 1.807) is 49.4 Å². The second kappa shape index (κ2) is 8.54. The van der Waals surface area contributed by atoms with Gasteiger partial charge < -0.3 is 9.32 Å². The Morgan fingerprint density at radius 2 is 1.79 bits per heavy atom. The maximum Gasteiger partial charge on any atom is 0.245 e. The largest absolute Gasteiger partial charge is 0.461 e. The molecule has 1 amide bonds. The van der Waals surface area contributed by atoms with Crippen LogP contribution in [0.4, 0.5) is 10.1 Å². The summed E-state index contributed by atoms with van der Waals surface area (Å²) in [6, 6.07) is 16.8. The lowest BCUT2D eigenvalue weighted by atomic mass is 10.1. The molecule has 4 aromatic rings. The van der Waals surface area contributed by atoms with Crippen molar-refractivity contribution in [2.75, 3.05) is 11.4 Å². The van der Waals surface area contributed by atoms with E-state index in [0.29, 0.717) is 27.5 Å². The SMILES string of the molecule is Cc1ccc(-c2ccc(N3CCC(NS(=O)(=O)c4ccc5cc(Cl)ccc5c4)C3=O)c(F)c2)o1. The summed E-state index contributed by atoms with van der Waals surface area (Å²) in [4.78, 5) is 14.3. The third-order valence-electron chi connectivity index (χ3n) is 5.85. The van der Waals surface area contributed by atoms with E-state index in [9.17, 15) is 17.6 Å². The van der Waals surface area contributed by atoms with Gasteiger partial charge in [0.25, 0.3) is 0 Å². The van der Waals surface area contributed by atoms with E-state index in [-0.39, 0.29) is 23.5 Å². The third kappa shape index (κ3) is 4.20. The van der Waals surface area contributed by atoms with E-state index in [2.05, 4.69) is 4.72 Å². The predicted octanol–water partition coefficient (Wildman–Crippen LogP) is 5.28. The van der Waals surface area contributed by atoms with Crippen molar-refractivity contribution in [3.05, 3.63) is 83.3 Å². The number of anilines is 1. The molecule has 0 radical (unpaired) electrons. The summed E-state index contributed by atoms with van der Waals surface area (Å²) in [6.45, 7) is 1.99. The van der Waals surface area contributed by atoms with Crippen LogP contribution >= 0.6 is 11.6 Å². The van der Waals surface area contributed by atoms with Gasteiger partial charge in [-0.05, 0) is 78.7 Å². The van der Waals surface area contributed by atoms with Crippen molar-refractivity contribution in [2.45, 2.75) is 24.3 Å². The number of carbonyl (C=O) groups excluding carboxylic acids is 1. The lowest BCUT2D eigenvalue weighted by molar-refractivity contribution is -0.118. The van der Waals surface area contributed by atoms with Crippen molar-refractivity contribution in [2.24, 2.45) is 0 Å². The molecule has 1 aliphatic rings. The summed E-state index contributed by atoms with van der Waals surface area (Å²) in [5, 5.41) is 2.07. The van der Waals surface area contributed by atoms with Crippen molar-refractivity contribution in [3.63, 3.8) is 0 Å². The molecule has 5 rings (SSSR count). The van der Waals surface area contributed by atoms with Crippen LogP contribution in [0.2, 0.25) is 5.02 Å². The summed E-state index contributed by atoms with van der Waals surface area (Å²) in [5.74, 6) is 0.145. The second-order valence-corrected chi connectivity index (χ2v) is 10.3. The maximum absolute atomic E-state index is 14.9. The average Bonchev–Trinajstić information content (AvgIpc) is 3.39. The molecule has 1 aromatic heterocycles. The number of furan rings is 1. The van der Waals surface area contributed by atoms with E-state index in [1.165, 1.54) is 29.2 Å². The number of hydrogen-bond donors (Lipinski definition) is 1. The van der Waals surface area contributed by atoms with E-state index in [4.69, 9.17) is 16.0 Å². The van der Waals surface area contributed by atoms with Crippen molar-refractivity contribution < 1.29 is 22.0 Å². The highest BCUT2D eigenvalue weighted by atomic mass is 35.5. The van der Waals surface area contributed by atoms with Crippen LogP contribution in [0.25, 0.3) is 22.1 Å². The Hall–Kier alpha value is -3.20. The number of halogens is 2. The molecular weight excluding hydrogens is 479 g/mol. The molecule has 3 aromatic carbocycles. The van der Waals surface area contributed by atoms with Gasteiger partial charge in [-0.25, -0.2) is 12.8 Å². The predicted molar refractivity (Wildman–Crippen MR) is 129 cm³/mol. The highest BCUT2D eigenvalue weighted by Gasteiger charge is 2.36. The van der Waals surface area contributed by atoms with Gasteiger partial charge in [0.1, 0.15) is 23.4 Å². The molecule has 0 aliphatic carbocycles. The van der Waals surface area contributed by atoms with Crippen molar-refractivity contribution >= 4 is 44.0 Å². The monoisotopic (exact) mass is 498 g/mol. The molecule has 0 bridgehead atoms. The van der Waals surface area contributed by atoms with E-state index >= 15 is 0 Å². The highest BCUT2D eigenvalue weighted by molar-refractivity contribution is 7.89. The standard InChI is InChI=1S/C25H20ClFN2O4S/c1-15-2-9-24(33-15)18-5-8-23(21(27)14-18)29-11-10-22(25(29)30)28-34(31,32)20-7-4-16-12-19(26)6-3-17(16)13-20/h2-9,12-14,22,28H,10-11H2,1H3. The zero-order chi connectivity index (χ0) is 24.0. The van der Waals surface area contributed by atoms with Crippen molar-refractivity contribution in [1.82, 2.24) is 4.72 Å². The van der Waals surface area contributed by atoms with Crippen LogP contribution in [0.15, 0.2) is 76.0 Å². The lowest BCUT2D eigenvalue weighted by Crippen LogP contribution is -2.41. The smallest absolute Gasteiger partial charge is 0.245 e. The van der Waals surface area contributed by atoms with Crippen LogP contribution in [-0.2, 0) is 14.8 Å². The van der Waals surface area contributed by atoms with Crippen LogP contribution in [-0.4, -0.2) is 26.9 Å². The zero-order valence-electron chi connectivity index (χ0n) is 18.1. The Morgan fingerprint density at radius 1 is 1.03 bits per heavy atom. The average molecular weight is 499 g/mol. The second-order valence-electron chi connectivity index (χ2n) is 8.18. The highest BCUT2D eigenvalue weighted by Crippen LogP contribution is 2.31. The van der Waals surface area contributed by atoms with E-state index in [0.717, 1.165) is 5.39 Å². The van der Waals surface area contributed by atoms with Crippen molar-refractivity contribution in [3.8, 4) is 11.3 Å². The number of carbonyl (C=O) groups is 1. The molecular formula is C25H20ClFN2O4S. The molecule has 1 saturated heterocycles. The van der Waals surface area contributed by atoms with Crippen LogP contribution in [0.1, 0.15) is 12.2 Å². The van der Waals surface area contributed by atoms with Gasteiger partial charge in [0.15, 0.2) is 0 Å². The summed E-state index contributed by atoms with van der Waals surface area (Å²) < 4.78 is 48.8. The number of aryl methyl sites for hydroxylation is 1. The molecule has 1 aliphatic heterocycles. The fourth-order valence-electron chi connectivity index (χ4n) is 4.11. The van der Waals surface area contributed by atoms with Crippen LogP contribution in [0.5, 0.6) is 0 Å². The number of nitrogens with one attached hydrogen (secondary N) is 1. The van der Waals surface area contributed by atoms with Crippen LogP contribution in [0.3, 0.4) is 0 Å². The number of benzene rings is 3. The molecule has 2 heterocycles. The van der Waals surface area contributed by atoms with Gasteiger partial charge >= 0.3 is 0 Å². The first-order valence-corrected chi connectivity index (χ1v) is 12.5. The molecule has 1 atom stereocenters. The number of sulfonamides is 1. The topological polar surface area (TPSA) is 79.6 Å². The lowest BCUT2D eigenvalue weighted by Gasteiger charge is -2.18. The van der Waals surface area contributed by atoms with E-state index in [1.807, 2.05) is 0 Å². The maximum atomic E-state index is 14.9. The first-order valence-electron chi connectivity index (χ1n) is 10.6. The Bertz CT molecular complexity index is 1530. The summed E-state index contributed by atoms with van der Waals surface area (Å²) in [6.07, 6.45) is 0.222. The zero-order valence-corrected chi connectivity index (χ0v) is 19.7. The number of hydrogen-bond acceptors (Lipinski definition) is 4. The Labute approximate surface area is 201 Å². The first kappa shape index (κ1) is 22.6. The Balaban J connectivity index is 1.35. The molecule has 6 nitrogen and oxygen atoms in total. The summed E-state index contributed by atoms with van der Waals surface area (Å²) in [7, 11) is -3.97. The quantitative estimate of drug-likeness (QED) is 0.406. The van der Waals surface area contributed by atoms with Gasteiger partial charge in [-0.3, -0.25) is 4.79 Å². The molecule has 1 fully saturated rings. The van der Waals surface area contributed by atoms with Gasteiger partial charge in [0.2, 0.25) is 15.9 Å². The van der Waals surface area contributed by atoms with Gasteiger partial charge in [-0.2, -0.15) is 4.72 Å². The number of rotatable bonds is 5. The molecule has 9 heteroatoms. The molecule has 1 unspecified atom stereocenters. The van der Waals surface area contributed by atoms with Gasteiger partial charge in [0.05, 0.1) is 10.6 Å². The van der Waals surface area contributed by atoms with Crippen LogP contribution < -0.4 is 9.62 Å². The fourth-order valence-corrected chi connectivity index (χ4v) is 5.55.